The summed E-state index contributed by atoms with van der Waals surface area (Å²) in [6, 6.07) is 14.7. The van der Waals surface area contributed by atoms with E-state index in [1.165, 1.54) is 12.1 Å². The fourth-order valence-corrected chi connectivity index (χ4v) is 3.53. The number of carbonyl (C=O) groups excluding carboxylic acids is 1. The molecular weight excluding hydrogens is 421 g/mol. The van der Waals surface area contributed by atoms with Crippen LogP contribution < -0.4 is 5.32 Å². The summed E-state index contributed by atoms with van der Waals surface area (Å²) < 4.78 is 68.3. The molecule has 30 heavy (non-hydrogen) atoms. The van der Waals surface area contributed by atoms with Gasteiger partial charge in [-0.15, -0.1) is 0 Å². The first kappa shape index (κ1) is 21.6. The van der Waals surface area contributed by atoms with Crippen molar-refractivity contribution in [1.29, 1.82) is 0 Å². The molecule has 1 N–H and O–H groups in total. The summed E-state index contributed by atoms with van der Waals surface area (Å²) in [5.41, 5.74) is 1.23. The van der Waals surface area contributed by atoms with Crippen LogP contribution in [0.5, 0.6) is 0 Å². The van der Waals surface area contributed by atoms with Crippen LogP contribution in [0.1, 0.15) is 17.3 Å². The van der Waals surface area contributed by atoms with Gasteiger partial charge in [-0.25, -0.2) is 22.0 Å². The van der Waals surface area contributed by atoms with Gasteiger partial charge in [0.1, 0.15) is 0 Å². The second-order valence-corrected chi connectivity index (χ2v) is 7.23. The minimum Gasteiger partial charge on any atom is -0.358 e. The second-order valence-electron chi connectivity index (χ2n) is 6.18. The molecule has 0 amide bonds. The lowest BCUT2D eigenvalue weighted by Crippen LogP contribution is -2.04. The molecule has 2 nitrogen and oxygen atoms in total. The first-order chi connectivity index (χ1) is 14.3. The highest BCUT2D eigenvalue weighted by molar-refractivity contribution is 7.99. The number of allylic oxidation sites excluding steroid dienone is 2. The van der Waals surface area contributed by atoms with Crippen molar-refractivity contribution in [2.45, 2.75) is 16.7 Å². The van der Waals surface area contributed by atoms with E-state index >= 15 is 0 Å². The Labute approximate surface area is 173 Å². The molecule has 0 heterocycles. The molecule has 0 radical (unpaired) electrons. The van der Waals surface area contributed by atoms with Crippen LogP contribution in [-0.2, 0) is 0 Å². The fourth-order valence-electron chi connectivity index (χ4n) is 2.57. The Kier molecular flexibility index (Phi) is 6.56. The van der Waals surface area contributed by atoms with E-state index in [0.717, 1.165) is 0 Å². The van der Waals surface area contributed by atoms with Crippen LogP contribution in [0.4, 0.5) is 27.6 Å². The quantitative estimate of drug-likeness (QED) is 0.153. The van der Waals surface area contributed by atoms with E-state index in [1.54, 1.807) is 55.5 Å². The Morgan fingerprint density at radius 1 is 0.800 bits per heavy atom. The third-order valence-electron chi connectivity index (χ3n) is 4.01. The Morgan fingerprint density at radius 3 is 1.97 bits per heavy atom. The van der Waals surface area contributed by atoms with Crippen molar-refractivity contribution in [3.8, 4) is 0 Å². The molecule has 0 saturated carbocycles. The third kappa shape index (κ3) is 4.54. The largest absolute Gasteiger partial charge is 0.358 e. The summed E-state index contributed by atoms with van der Waals surface area (Å²) in [5, 5.41) is 2.92. The van der Waals surface area contributed by atoms with Gasteiger partial charge in [0.15, 0.2) is 29.1 Å². The topological polar surface area (TPSA) is 29.1 Å². The van der Waals surface area contributed by atoms with E-state index in [9.17, 15) is 26.7 Å². The lowest BCUT2D eigenvalue weighted by Gasteiger charge is -2.13. The number of ketones is 1. The SMILES string of the molecule is C/C(=C\C(=O)c1ccccc1)Nc1ccccc1Sc1c(F)c(F)c(F)c(F)c1F. The number of benzene rings is 3. The van der Waals surface area contributed by atoms with Crippen molar-refractivity contribution in [1.82, 2.24) is 0 Å². The zero-order valence-electron chi connectivity index (χ0n) is 15.5. The molecule has 8 heteroatoms. The van der Waals surface area contributed by atoms with Gasteiger partial charge < -0.3 is 5.32 Å². The maximum absolute atomic E-state index is 14.0. The molecule has 0 unspecified atom stereocenters. The van der Waals surface area contributed by atoms with Crippen molar-refractivity contribution in [2.75, 3.05) is 5.32 Å². The Bertz CT molecular complexity index is 1100. The van der Waals surface area contributed by atoms with E-state index in [2.05, 4.69) is 5.32 Å². The predicted molar refractivity (Wildman–Crippen MR) is 105 cm³/mol. The van der Waals surface area contributed by atoms with Crippen molar-refractivity contribution < 1.29 is 26.7 Å². The van der Waals surface area contributed by atoms with Gasteiger partial charge in [0.25, 0.3) is 0 Å². The minimum absolute atomic E-state index is 0.209. The third-order valence-corrected chi connectivity index (χ3v) is 5.14. The van der Waals surface area contributed by atoms with E-state index in [0.29, 0.717) is 28.7 Å². The molecule has 0 aliphatic heterocycles. The average molecular weight is 435 g/mol. The van der Waals surface area contributed by atoms with Crippen LogP contribution >= 0.6 is 11.8 Å². The van der Waals surface area contributed by atoms with E-state index in [1.807, 2.05) is 0 Å². The highest BCUT2D eigenvalue weighted by Gasteiger charge is 2.26. The number of rotatable bonds is 6. The number of nitrogens with one attached hydrogen (secondary N) is 1. The highest BCUT2D eigenvalue weighted by atomic mass is 32.2. The molecular formula is C22H14F5NOS. The highest BCUT2D eigenvalue weighted by Crippen LogP contribution is 2.39. The summed E-state index contributed by atoms with van der Waals surface area (Å²) in [5.74, 6) is -10.3. The monoisotopic (exact) mass is 435 g/mol. The summed E-state index contributed by atoms with van der Waals surface area (Å²) in [7, 11) is 0. The second kappa shape index (κ2) is 9.13. The summed E-state index contributed by atoms with van der Waals surface area (Å²) in [6.45, 7) is 1.61. The normalized spacial score (nSPS) is 11.5. The van der Waals surface area contributed by atoms with Gasteiger partial charge in [-0.05, 0) is 19.1 Å². The van der Waals surface area contributed by atoms with Gasteiger partial charge in [-0.3, -0.25) is 4.79 Å². The minimum atomic E-state index is -2.21. The molecule has 0 aliphatic rings. The number of carbonyl (C=O) groups is 1. The smallest absolute Gasteiger partial charge is 0.200 e. The molecule has 0 atom stereocenters. The van der Waals surface area contributed by atoms with Gasteiger partial charge in [-0.2, -0.15) is 0 Å². The molecule has 0 aromatic heterocycles. The van der Waals surface area contributed by atoms with Crippen LogP contribution in [0, 0.1) is 29.1 Å². The van der Waals surface area contributed by atoms with Crippen molar-refractivity contribution in [3.05, 3.63) is 101 Å². The van der Waals surface area contributed by atoms with E-state index < -0.39 is 34.0 Å². The van der Waals surface area contributed by atoms with Crippen LogP contribution in [0.15, 0.2) is 76.2 Å². The van der Waals surface area contributed by atoms with Crippen LogP contribution in [0.2, 0.25) is 0 Å². The molecule has 0 aliphatic carbocycles. The zero-order chi connectivity index (χ0) is 21.8. The number of halogens is 5. The maximum atomic E-state index is 14.0. The molecule has 154 valence electrons. The maximum Gasteiger partial charge on any atom is 0.200 e. The van der Waals surface area contributed by atoms with Gasteiger partial charge in [0, 0.05) is 22.2 Å². The van der Waals surface area contributed by atoms with E-state index in [-0.39, 0.29) is 10.7 Å². The van der Waals surface area contributed by atoms with Crippen LogP contribution in [0.25, 0.3) is 0 Å². The van der Waals surface area contributed by atoms with Crippen molar-refractivity contribution >= 4 is 23.2 Å². The Morgan fingerprint density at radius 2 is 1.33 bits per heavy atom. The number of para-hydroxylation sites is 1. The number of hydrogen-bond donors (Lipinski definition) is 1. The van der Waals surface area contributed by atoms with Crippen LogP contribution in [-0.4, -0.2) is 5.78 Å². The zero-order valence-corrected chi connectivity index (χ0v) is 16.3. The first-order valence-corrected chi connectivity index (χ1v) is 9.44. The van der Waals surface area contributed by atoms with Gasteiger partial charge in [-0.1, -0.05) is 54.2 Å². The predicted octanol–water partition coefficient (Wildman–Crippen LogP) is 6.73. The number of hydrogen-bond acceptors (Lipinski definition) is 3. The van der Waals surface area contributed by atoms with Gasteiger partial charge in [0.2, 0.25) is 5.82 Å². The van der Waals surface area contributed by atoms with Crippen molar-refractivity contribution in [2.24, 2.45) is 0 Å². The Balaban J connectivity index is 1.89. The molecule has 0 saturated heterocycles. The summed E-state index contributed by atoms with van der Waals surface area (Å²) >= 11 is 0.390. The van der Waals surface area contributed by atoms with E-state index in [4.69, 9.17) is 0 Å². The number of anilines is 1. The van der Waals surface area contributed by atoms with Gasteiger partial charge in [0.05, 0.1) is 10.6 Å². The fraction of sp³-hybridized carbons (Fsp3) is 0.0455. The molecule has 3 rings (SSSR count). The molecule has 0 fully saturated rings. The lowest BCUT2D eigenvalue weighted by atomic mass is 10.1. The van der Waals surface area contributed by atoms with Crippen molar-refractivity contribution in [3.63, 3.8) is 0 Å². The summed E-state index contributed by atoms with van der Waals surface area (Å²) in [6.07, 6.45) is 1.34. The average Bonchev–Trinajstić information content (AvgIpc) is 2.75. The Hall–Kier alpha value is -3.13. The molecule has 0 spiro atoms. The summed E-state index contributed by atoms with van der Waals surface area (Å²) in [4.78, 5) is 11.5. The first-order valence-electron chi connectivity index (χ1n) is 8.62. The molecule has 3 aromatic rings. The van der Waals surface area contributed by atoms with Crippen LogP contribution in [0.3, 0.4) is 0 Å². The molecule has 3 aromatic carbocycles. The lowest BCUT2D eigenvalue weighted by molar-refractivity contribution is 0.104. The van der Waals surface area contributed by atoms with Gasteiger partial charge >= 0.3 is 0 Å². The molecule has 0 bridgehead atoms. The standard InChI is InChI=1S/C22H14F5NOS/c1-12(11-15(29)13-7-3-2-4-8-13)28-14-9-5-6-10-16(14)30-22-20(26)18(24)17(23)19(25)21(22)27/h2-11,28H,1H3/b12-11+.